The molecule has 2 aliphatic heterocycles. The van der Waals surface area contributed by atoms with E-state index in [-0.39, 0.29) is 24.3 Å². The van der Waals surface area contributed by atoms with E-state index >= 15 is 0 Å². The van der Waals surface area contributed by atoms with Crippen molar-refractivity contribution in [2.75, 3.05) is 63.2 Å². The molecule has 0 saturated carbocycles. The summed E-state index contributed by atoms with van der Waals surface area (Å²) in [5.74, 6) is -0.409. The van der Waals surface area contributed by atoms with E-state index in [4.69, 9.17) is 9.47 Å². The first-order valence-electron chi connectivity index (χ1n) is 10.5. The number of thiazole rings is 1. The van der Waals surface area contributed by atoms with Crippen molar-refractivity contribution in [1.29, 1.82) is 0 Å². The molecule has 10 nitrogen and oxygen atoms in total. The van der Waals surface area contributed by atoms with Gasteiger partial charge in [0.05, 0.1) is 36.6 Å². The number of hydrogen-bond donors (Lipinski definition) is 2. The summed E-state index contributed by atoms with van der Waals surface area (Å²) in [4.78, 5) is 45.0. The zero-order chi connectivity index (χ0) is 22.7. The van der Waals surface area contributed by atoms with Gasteiger partial charge in [-0.1, -0.05) is 11.3 Å². The number of ether oxygens (including phenoxy) is 2. The Morgan fingerprint density at radius 1 is 1.16 bits per heavy atom. The minimum atomic E-state index is -0.980. The summed E-state index contributed by atoms with van der Waals surface area (Å²) < 4.78 is 12.0. The van der Waals surface area contributed by atoms with Gasteiger partial charge in [0.1, 0.15) is 0 Å². The third-order valence-electron chi connectivity index (χ3n) is 5.43. The Hall–Kier alpha value is -2.60. The third-order valence-corrected chi connectivity index (χ3v) is 6.36. The lowest BCUT2D eigenvalue weighted by atomic mass is 10.0. The van der Waals surface area contributed by atoms with Crippen LogP contribution >= 0.6 is 11.3 Å². The Morgan fingerprint density at radius 3 is 2.69 bits per heavy atom. The normalized spacial score (nSPS) is 22.0. The van der Waals surface area contributed by atoms with Crippen LogP contribution in [-0.2, 0) is 23.9 Å². The monoisotopic (exact) mass is 461 g/mol. The zero-order valence-electron chi connectivity index (χ0n) is 18.2. The van der Waals surface area contributed by atoms with E-state index in [9.17, 15) is 14.4 Å². The Kier molecular flexibility index (Phi) is 6.70. The molecule has 1 aromatic carbocycles. The molecule has 172 valence electrons. The molecule has 0 unspecified atom stereocenters. The molecule has 0 spiro atoms. The van der Waals surface area contributed by atoms with E-state index in [1.807, 2.05) is 11.0 Å². The quantitative estimate of drug-likeness (QED) is 0.687. The number of hydrogen-bond acceptors (Lipinski definition) is 8. The molecule has 4 rings (SSSR count). The fourth-order valence-electron chi connectivity index (χ4n) is 3.94. The number of nitrogens with one attached hydrogen (secondary N) is 2. The standard InChI is InChI=1S/C21H27N5O5S/c1-14(27)22-15-3-4-16-17(11-15)32-20(23-16)24-18(28)12-25-5-10-31-21(2,13-25)19(29)26-6-8-30-9-7-26/h3-4,11H,5-10,12-13H2,1-2H3,(H,22,27)(H,23,24,28)/t21-/m0/s1. The van der Waals surface area contributed by atoms with Gasteiger partial charge < -0.3 is 25.0 Å². The van der Waals surface area contributed by atoms with Crippen LogP contribution in [0.2, 0.25) is 0 Å². The van der Waals surface area contributed by atoms with E-state index < -0.39 is 5.60 Å². The Morgan fingerprint density at radius 2 is 1.94 bits per heavy atom. The van der Waals surface area contributed by atoms with Crippen molar-refractivity contribution in [3.8, 4) is 0 Å². The van der Waals surface area contributed by atoms with Gasteiger partial charge in [0, 0.05) is 38.8 Å². The Balaban J connectivity index is 1.36. The summed E-state index contributed by atoms with van der Waals surface area (Å²) in [6.07, 6.45) is 0. The van der Waals surface area contributed by atoms with Crippen LogP contribution in [0.1, 0.15) is 13.8 Å². The number of nitrogens with zero attached hydrogens (tertiary/aromatic N) is 3. The first-order chi connectivity index (χ1) is 15.3. The van der Waals surface area contributed by atoms with Crippen LogP contribution in [0.5, 0.6) is 0 Å². The van der Waals surface area contributed by atoms with Gasteiger partial charge in [-0.15, -0.1) is 0 Å². The van der Waals surface area contributed by atoms with E-state index in [1.165, 1.54) is 18.3 Å². The van der Waals surface area contributed by atoms with E-state index in [0.29, 0.717) is 56.8 Å². The molecule has 1 atom stereocenters. The lowest BCUT2D eigenvalue weighted by Crippen LogP contribution is -2.61. The summed E-state index contributed by atoms with van der Waals surface area (Å²) in [5, 5.41) is 6.07. The van der Waals surface area contributed by atoms with Crippen molar-refractivity contribution in [3.63, 3.8) is 0 Å². The molecule has 0 bridgehead atoms. The van der Waals surface area contributed by atoms with Crippen LogP contribution in [0.25, 0.3) is 10.2 Å². The predicted molar refractivity (Wildman–Crippen MR) is 121 cm³/mol. The van der Waals surface area contributed by atoms with Crippen LogP contribution in [0.15, 0.2) is 18.2 Å². The van der Waals surface area contributed by atoms with Gasteiger partial charge in [-0.05, 0) is 25.1 Å². The molecule has 32 heavy (non-hydrogen) atoms. The lowest BCUT2D eigenvalue weighted by Gasteiger charge is -2.42. The van der Waals surface area contributed by atoms with Gasteiger partial charge in [-0.2, -0.15) is 0 Å². The highest BCUT2D eigenvalue weighted by atomic mass is 32.1. The third kappa shape index (κ3) is 5.23. The van der Waals surface area contributed by atoms with Gasteiger partial charge in [-0.25, -0.2) is 4.98 Å². The van der Waals surface area contributed by atoms with Crippen molar-refractivity contribution in [3.05, 3.63) is 18.2 Å². The van der Waals surface area contributed by atoms with Gasteiger partial charge in [-0.3, -0.25) is 19.3 Å². The summed E-state index contributed by atoms with van der Waals surface area (Å²) in [7, 11) is 0. The second-order valence-corrected chi connectivity index (χ2v) is 9.16. The fraction of sp³-hybridized carbons (Fsp3) is 0.524. The summed E-state index contributed by atoms with van der Waals surface area (Å²) in [6, 6.07) is 5.40. The predicted octanol–water partition coefficient (Wildman–Crippen LogP) is 1.14. The molecule has 2 N–H and O–H groups in total. The number of fused-ring (bicyclic) bond motifs is 1. The number of amides is 3. The maximum Gasteiger partial charge on any atom is 0.256 e. The highest BCUT2D eigenvalue weighted by molar-refractivity contribution is 7.22. The molecule has 0 radical (unpaired) electrons. The molecule has 2 saturated heterocycles. The van der Waals surface area contributed by atoms with Crippen molar-refractivity contribution in [2.24, 2.45) is 0 Å². The number of aromatic nitrogens is 1. The largest absolute Gasteiger partial charge is 0.378 e. The SMILES string of the molecule is CC(=O)Nc1ccc2nc(NC(=O)CN3CCO[C@](C)(C(=O)N4CCOCC4)C3)sc2c1. The molecule has 2 aliphatic rings. The molecule has 3 heterocycles. The first kappa shape index (κ1) is 22.6. The van der Waals surface area contributed by atoms with E-state index in [0.717, 1.165) is 10.2 Å². The highest BCUT2D eigenvalue weighted by Crippen LogP contribution is 2.28. The minimum Gasteiger partial charge on any atom is -0.378 e. The van der Waals surface area contributed by atoms with Crippen molar-refractivity contribution in [2.45, 2.75) is 19.4 Å². The number of rotatable bonds is 5. The Labute approximate surface area is 189 Å². The van der Waals surface area contributed by atoms with Crippen LogP contribution in [-0.4, -0.2) is 90.7 Å². The average molecular weight is 462 g/mol. The number of morpholine rings is 2. The maximum atomic E-state index is 13.0. The second kappa shape index (κ2) is 9.49. The van der Waals surface area contributed by atoms with Gasteiger partial charge in [0.25, 0.3) is 5.91 Å². The molecule has 1 aromatic heterocycles. The molecule has 2 aromatic rings. The molecular formula is C21H27N5O5S. The molecule has 3 amide bonds. The van der Waals surface area contributed by atoms with Gasteiger partial charge in [0.2, 0.25) is 11.8 Å². The summed E-state index contributed by atoms with van der Waals surface area (Å²) in [6.45, 7) is 6.85. The number of anilines is 2. The van der Waals surface area contributed by atoms with Crippen molar-refractivity contribution in [1.82, 2.24) is 14.8 Å². The molecule has 0 aliphatic carbocycles. The van der Waals surface area contributed by atoms with Crippen LogP contribution in [0, 0.1) is 0 Å². The minimum absolute atomic E-state index is 0.0629. The van der Waals surface area contributed by atoms with Crippen molar-refractivity contribution < 1.29 is 23.9 Å². The second-order valence-electron chi connectivity index (χ2n) is 8.13. The maximum absolute atomic E-state index is 13.0. The topological polar surface area (TPSA) is 113 Å². The Bertz CT molecular complexity index is 1020. The molecule has 11 heteroatoms. The van der Waals surface area contributed by atoms with E-state index in [2.05, 4.69) is 15.6 Å². The number of carbonyl (C=O) groups is 3. The average Bonchev–Trinajstić information content (AvgIpc) is 3.14. The van der Waals surface area contributed by atoms with Crippen LogP contribution in [0.3, 0.4) is 0 Å². The molecule has 2 fully saturated rings. The number of benzene rings is 1. The highest BCUT2D eigenvalue weighted by Gasteiger charge is 2.42. The lowest BCUT2D eigenvalue weighted by molar-refractivity contribution is -0.171. The fourth-order valence-corrected chi connectivity index (χ4v) is 4.86. The zero-order valence-corrected chi connectivity index (χ0v) is 19.0. The van der Waals surface area contributed by atoms with Gasteiger partial charge >= 0.3 is 0 Å². The molecular weight excluding hydrogens is 434 g/mol. The summed E-state index contributed by atoms with van der Waals surface area (Å²) in [5.41, 5.74) is 0.449. The van der Waals surface area contributed by atoms with Crippen LogP contribution in [0.4, 0.5) is 10.8 Å². The number of carbonyl (C=O) groups excluding carboxylic acids is 3. The van der Waals surface area contributed by atoms with Gasteiger partial charge in [0.15, 0.2) is 10.7 Å². The smallest absolute Gasteiger partial charge is 0.256 e. The van der Waals surface area contributed by atoms with Crippen molar-refractivity contribution >= 4 is 50.1 Å². The van der Waals surface area contributed by atoms with Crippen LogP contribution < -0.4 is 10.6 Å². The first-order valence-corrected chi connectivity index (χ1v) is 11.4. The summed E-state index contributed by atoms with van der Waals surface area (Å²) >= 11 is 1.34. The van der Waals surface area contributed by atoms with E-state index in [1.54, 1.807) is 24.0 Å².